The summed E-state index contributed by atoms with van der Waals surface area (Å²) in [6.07, 6.45) is -1.83. The van der Waals surface area contributed by atoms with Crippen LogP contribution >= 0.6 is 0 Å². The van der Waals surface area contributed by atoms with Crippen molar-refractivity contribution in [3.05, 3.63) is 51.9 Å². The number of hydrogen-bond acceptors (Lipinski definition) is 5. The van der Waals surface area contributed by atoms with Gasteiger partial charge in [0.05, 0.1) is 26.0 Å². The van der Waals surface area contributed by atoms with E-state index in [0.717, 1.165) is 23.7 Å². The van der Waals surface area contributed by atoms with E-state index in [-0.39, 0.29) is 19.1 Å². The average Bonchev–Trinajstić information content (AvgIpc) is 2.70. The Bertz CT molecular complexity index is 881. The zero-order valence-corrected chi connectivity index (χ0v) is 16.0. The van der Waals surface area contributed by atoms with Crippen LogP contribution in [0.5, 0.6) is 11.5 Å². The summed E-state index contributed by atoms with van der Waals surface area (Å²) in [5.41, 5.74) is -1.99. The second kappa shape index (κ2) is 8.86. The van der Waals surface area contributed by atoms with Crippen LogP contribution in [0.3, 0.4) is 0 Å². The van der Waals surface area contributed by atoms with E-state index < -0.39 is 29.2 Å². The van der Waals surface area contributed by atoms with E-state index in [1.54, 1.807) is 24.3 Å². The Hall–Kier alpha value is -2.55. The van der Waals surface area contributed by atoms with Crippen LogP contribution in [0.25, 0.3) is 0 Å². The number of rotatable bonds is 6. The Kier molecular flexibility index (Phi) is 6.46. The predicted octanol–water partition coefficient (Wildman–Crippen LogP) is 3.25. The third-order valence-electron chi connectivity index (χ3n) is 5.07. The molecule has 3 rings (SSSR count). The van der Waals surface area contributed by atoms with Crippen molar-refractivity contribution in [1.82, 2.24) is 9.78 Å². The maximum atomic E-state index is 13.6. The SMILES string of the molecule is COc1ccc(Cn2ncc(O[C@H]3CCC[C@@H](CO)C3)c(C(F)(F)F)c2=O)cc1. The molecule has 1 aromatic carbocycles. The third-order valence-corrected chi connectivity index (χ3v) is 5.07. The van der Waals surface area contributed by atoms with E-state index in [1.165, 1.54) is 7.11 Å². The number of aliphatic hydroxyl groups excluding tert-OH is 1. The summed E-state index contributed by atoms with van der Waals surface area (Å²) < 4.78 is 52.3. The van der Waals surface area contributed by atoms with Crippen molar-refractivity contribution >= 4 is 0 Å². The van der Waals surface area contributed by atoms with Gasteiger partial charge in [0.15, 0.2) is 11.3 Å². The molecule has 1 N–H and O–H groups in total. The molecule has 1 heterocycles. The van der Waals surface area contributed by atoms with E-state index in [9.17, 15) is 23.1 Å². The normalized spacial score (nSPS) is 19.8. The van der Waals surface area contributed by atoms with Crippen molar-refractivity contribution in [2.75, 3.05) is 13.7 Å². The Morgan fingerprint density at radius 2 is 1.97 bits per heavy atom. The summed E-state index contributed by atoms with van der Waals surface area (Å²) in [5, 5.41) is 13.2. The number of hydrogen-bond donors (Lipinski definition) is 1. The van der Waals surface area contributed by atoms with Gasteiger partial charge in [0.2, 0.25) is 0 Å². The van der Waals surface area contributed by atoms with Crippen LogP contribution in [-0.2, 0) is 12.7 Å². The molecule has 0 radical (unpaired) electrons. The molecule has 158 valence electrons. The number of aromatic nitrogens is 2. The minimum atomic E-state index is -4.87. The highest BCUT2D eigenvalue weighted by Gasteiger charge is 2.40. The number of benzene rings is 1. The van der Waals surface area contributed by atoms with Crippen molar-refractivity contribution in [3.63, 3.8) is 0 Å². The zero-order valence-electron chi connectivity index (χ0n) is 16.0. The lowest BCUT2D eigenvalue weighted by Gasteiger charge is -2.29. The van der Waals surface area contributed by atoms with Gasteiger partial charge >= 0.3 is 6.18 Å². The molecule has 1 aliphatic carbocycles. The van der Waals surface area contributed by atoms with Crippen LogP contribution in [0.2, 0.25) is 0 Å². The van der Waals surface area contributed by atoms with Crippen LogP contribution < -0.4 is 15.0 Å². The first kappa shape index (κ1) is 21.2. The van der Waals surface area contributed by atoms with E-state index in [4.69, 9.17) is 9.47 Å². The minimum Gasteiger partial charge on any atom is -0.497 e. The third kappa shape index (κ3) is 5.09. The van der Waals surface area contributed by atoms with Gasteiger partial charge in [0.25, 0.3) is 5.56 Å². The molecular weight excluding hydrogens is 389 g/mol. The fraction of sp³-hybridized carbons (Fsp3) is 0.500. The van der Waals surface area contributed by atoms with Crippen LogP contribution in [0.4, 0.5) is 13.2 Å². The molecule has 2 aromatic rings. The van der Waals surface area contributed by atoms with E-state index >= 15 is 0 Å². The Morgan fingerprint density at radius 3 is 2.59 bits per heavy atom. The van der Waals surface area contributed by atoms with Gasteiger partial charge in [-0.05, 0) is 49.3 Å². The van der Waals surface area contributed by atoms with Crippen LogP contribution in [0, 0.1) is 5.92 Å². The molecule has 0 bridgehead atoms. The smallest absolute Gasteiger partial charge is 0.425 e. The molecule has 0 amide bonds. The summed E-state index contributed by atoms with van der Waals surface area (Å²) >= 11 is 0. The largest absolute Gasteiger partial charge is 0.497 e. The lowest BCUT2D eigenvalue weighted by Crippen LogP contribution is -2.34. The van der Waals surface area contributed by atoms with Crippen molar-refractivity contribution in [3.8, 4) is 11.5 Å². The summed E-state index contributed by atoms with van der Waals surface area (Å²) in [5.74, 6) is 0.0333. The van der Waals surface area contributed by atoms with Gasteiger partial charge < -0.3 is 14.6 Å². The first-order chi connectivity index (χ1) is 13.8. The first-order valence-corrected chi connectivity index (χ1v) is 9.39. The number of halogens is 3. The Labute approximate surface area is 165 Å². The van der Waals surface area contributed by atoms with Gasteiger partial charge in [0.1, 0.15) is 5.75 Å². The number of nitrogens with zero attached hydrogens (tertiary/aromatic N) is 2. The van der Waals surface area contributed by atoms with Gasteiger partial charge in [0, 0.05) is 6.61 Å². The Balaban J connectivity index is 1.88. The molecule has 0 saturated heterocycles. The lowest BCUT2D eigenvalue weighted by atomic mass is 9.88. The van der Waals surface area contributed by atoms with Crippen molar-refractivity contribution in [2.45, 2.75) is 44.5 Å². The van der Waals surface area contributed by atoms with Crippen LogP contribution in [-0.4, -0.2) is 34.7 Å². The van der Waals surface area contributed by atoms with Gasteiger partial charge in [-0.1, -0.05) is 12.1 Å². The highest BCUT2D eigenvalue weighted by atomic mass is 19.4. The molecular formula is C20H23F3N2O4. The Morgan fingerprint density at radius 1 is 1.24 bits per heavy atom. The minimum absolute atomic E-state index is 0.00788. The molecule has 0 aliphatic heterocycles. The molecule has 9 heteroatoms. The maximum absolute atomic E-state index is 13.6. The molecule has 0 spiro atoms. The quantitative estimate of drug-likeness (QED) is 0.789. The fourth-order valence-electron chi connectivity index (χ4n) is 3.53. The van der Waals surface area contributed by atoms with Crippen LogP contribution in [0.1, 0.15) is 36.8 Å². The summed E-state index contributed by atoms with van der Waals surface area (Å²) in [6.45, 7) is -0.143. The molecule has 1 fully saturated rings. The van der Waals surface area contributed by atoms with Gasteiger partial charge in [-0.3, -0.25) is 4.79 Å². The molecule has 1 saturated carbocycles. The van der Waals surface area contributed by atoms with Crippen LogP contribution in [0.15, 0.2) is 35.3 Å². The summed E-state index contributed by atoms with van der Waals surface area (Å²) in [7, 11) is 1.50. The van der Waals surface area contributed by atoms with Gasteiger partial charge in [-0.25, -0.2) is 4.68 Å². The highest BCUT2D eigenvalue weighted by molar-refractivity contribution is 5.32. The summed E-state index contributed by atoms with van der Waals surface area (Å²) in [4.78, 5) is 12.6. The molecule has 29 heavy (non-hydrogen) atoms. The molecule has 2 atom stereocenters. The average molecular weight is 412 g/mol. The first-order valence-electron chi connectivity index (χ1n) is 9.39. The maximum Gasteiger partial charge on any atom is 0.425 e. The number of ether oxygens (including phenoxy) is 2. The standard InChI is InChI=1S/C20H23F3N2O4/c1-28-15-7-5-13(6-8-15)11-25-19(27)18(20(21,22)23)17(10-24-25)29-16-4-2-3-14(9-16)12-26/h5-8,10,14,16,26H,2-4,9,11-12H2,1H3/t14-,16+/m1/s1. The van der Waals surface area contributed by atoms with Gasteiger partial charge in [-0.2, -0.15) is 18.3 Å². The molecule has 1 aliphatic rings. The number of methoxy groups -OCH3 is 1. The number of alkyl halides is 3. The van der Waals surface area contributed by atoms with Crippen molar-refractivity contribution < 1.29 is 27.8 Å². The lowest BCUT2D eigenvalue weighted by molar-refractivity contribution is -0.141. The highest BCUT2D eigenvalue weighted by Crippen LogP contribution is 2.35. The molecule has 0 unspecified atom stereocenters. The van der Waals surface area contributed by atoms with Gasteiger partial charge in [-0.15, -0.1) is 0 Å². The topological polar surface area (TPSA) is 73.6 Å². The van der Waals surface area contributed by atoms with E-state index in [0.29, 0.717) is 24.2 Å². The second-order valence-corrected chi connectivity index (χ2v) is 7.15. The second-order valence-electron chi connectivity index (χ2n) is 7.15. The predicted molar refractivity (Wildman–Crippen MR) is 99.1 cm³/mol. The molecule has 6 nitrogen and oxygen atoms in total. The molecule has 1 aromatic heterocycles. The number of aliphatic hydroxyl groups is 1. The van der Waals surface area contributed by atoms with Crippen molar-refractivity contribution in [2.24, 2.45) is 5.92 Å². The summed E-state index contributed by atoms with van der Waals surface area (Å²) in [6, 6.07) is 6.62. The van der Waals surface area contributed by atoms with Crippen molar-refractivity contribution in [1.29, 1.82) is 0 Å². The monoisotopic (exact) mass is 412 g/mol. The zero-order chi connectivity index (χ0) is 21.0. The van der Waals surface area contributed by atoms with E-state index in [2.05, 4.69) is 5.10 Å². The fourth-order valence-corrected chi connectivity index (χ4v) is 3.53. The van der Waals surface area contributed by atoms with E-state index in [1.807, 2.05) is 0 Å².